The van der Waals surface area contributed by atoms with Crippen LogP contribution in [0.1, 0.15) is 68.6 Å². The number of nitrogens with two attached hydrogens (primary N) is 1. The van der Waals surface area contributed by atoms with Gasteiger partial charge in [0.05, 0.1) is 11.4 Å². The van der Waals surface area contributed by atoms with Crippen molar-refractivity contribution in [1.82, 2.24) is 0 Å². The Morgan fingerprint density at radius 2 is 1.36 bits per heavy atom. The zero-order valence-electron chi connectivity index (χ0n) is 19.7. The van der Waals surface area contributed by atoms with E-state index in [1.807, 2.05) is 66.7 Å². The lowest BCUT2D eigenvalue weighted by molar-refractivity contribution is 0.0979. The molecule has 3 aromatic rings. The minimum absolute atomic E-state index is 0.243. The number of hydrogen-bond acceptors (Lipinski definition) is 3. The van der Waals surface area contributed by atoms with E-state index in [-0.39, 0.29) is 5.78 Å². The molecule has 0 aliphatic heterocycles. The van der Waals surface area contributed by atoms with Crippen LogP contribution in [0.25, 0.3) is 11.1 Å². The van der Waals surface area contributed by atoms with Crippen molar-refractivity contribution in [3.8, 4) is 11.1 Å². The van der Waals surface area contributed by atoms with Gasteiger partial charge < -0.3 is 11.1 Å². The number of Topliss-reactive ketones (excluding diaryl/α,β-unsaturated/α-hetero) is 1. The zero-order valence-corrected chi connectivity index (χ0v) is 19.7. The molecule has 172 valence electrons. The molecule has 3 N–H and O–H groups in total. The van der Waals surface area contributed by atoms with E-state index in [2.05, 4.69) is 30.4 Å². The number of nitrogen functional groups attached to an aromatic ring is 1. The molecule has 0 radical (unpaired) electrons. The van der Waals surface area contributed by atoms with Crippen LogP contribution in [0.15, 0.2) is 90.6 Å². The maximum absolute atomic E-state index is 12.5. The summed E-state index contributed by atoms with van der Waals surface area (Å²) in [6.45, 7) is 2.16. The quantitative estimate of drug-likeness (QED) is 0.160. The van der Waals surface area contributed by atoms with Crippen LogP contribution in [0, 0.1) is 0 Å². The van der Waals surface area contributed by atoms with E-state index in [1.54, 1.807) is 0 Å². The Bertz CT molecular complexity index is 1020. The van der Waals surface area contributed by atoms with E-state index in [4.69, 9.17) is 5.73 Å². The molecule has 0 amide bonds. The van der Waals surface area contributed by atoms with Crippen LogP contribution < -0.4 is 11.1 Å². The zero-order chi connectivity index (χ0) is 23.3. The first kappa shape index (κ1) is 24.3. The first-order chi connectivity index (χ1) is 16.2. The first-order valence-electron chi connectivity index (χ1n) is 12.2. The summed E-state index contributed by atoms with van der Waals surface area (Å²) in [5, 5.41) is 3.49. The third-order valence-corrected chi connectivity index (χ3v) is 5.87. The Labute approximate surface area is 198 Å². The van der Waals surface area contributed by atoms with Crippen LogP contribution in [0.4, 0.5) is 11.4 Å². The highest BCUT2D eigenvalue weighted by molar-refractivity contribution is 5.96. The van der Waals surface area contributed by atoms with E-state index in [0.29, 0.717) is 6.42 Å². The van der Waals surface area contributed by atoms with Crippen LogP contribution in [0.5, 0.6) is 0 Å². The Morgan fingerprint density at radius 1 is 0.758 bits per heavy atom. The van der Waals surface area contributed by atoms with E-state index >= 15 is 0 Å². The molecule has 0 bridgehead atoms. The second kappa shape index (κ2) is 13.3. The van der Waals surface area contributed by atoms with Gasteiger partial charge in [-0.15, -0.1) is 0 Å². The largest absolute Gasteiger partial charge is 0.397 e. The minimum Gasteiger partial charge on any atom is -0.397 e. The van der Waals surface area contributed by atoms with Gasteiger partial charge in [-0.3, -0.25) is 4.79 Å². The number of para-hydroxylation sites is 2. The number of rotatable bonds is 13. The predicted molar refractivity (Wildman–Crippen MR) is 141 cm³/mol. The standard InChI is InChI=1S/C30H36N2O/c1-2-13-27(32-29-18-12-11-17-28(29)31)16-9-4-3-5-10-19-30(33)26-22-20-25(21-23-26)24-14-7-6-8-15-24/h6-8,11-15,17-18,20-23,32H,2-5,9-10,16,19,31H2,1H3. The molecule has 0 aliphatic rings. The number of hydrogen-bond donors (Lipinski definition) is 2. The molecule has 3 aromatic carbocycles. The molecule has 0 saturated heterocycles. The fourth-order valence-corrected chi connectivity index (χ4v) is 4.00. The van der Waals surface area contributed by atoms with Gasteiger partial charge in [-0.25, -0.2) is 0 Å². The lowest BCUT2D eigenvalue weighted by Gasteiger charge is -2.13. The first-order valence-corrected chi connectivity index (χ1v) is 12.2. The van der Waals surface area contributed by atoms with Crippen LogP contribution in [-0.2, 0) is 0 Å². The third-order valence-electron chi connectivity index (χ3n) is 5.87. The topological polar surface area (TPSA) is 55.1 Å². The molecule has 0 aromatic heterocycles. The summed E-state index contributed by atoms with van der Waals surface area (Å²) in [5.41, 5.74) is 12.2. The highest BCUT2D eigenvalue weighted by Gasteiger charge is 2.07. The van der Waals surface area contributed by atoms with Gasteiger partial charge in [0.2, 0.25) is 0 Å². The lowest BCUT2D eigenvalue weighted by Crippen LogP contribution is -2.03. The van der Waals surface area contributed by atoms with Crippen molar-refractivity contribution in [3.63, 3.8) is 0 Å². The average Bonchev–Trinajstić information content (AvgIpc) is 2.85. The van der Waals surface area contributed by atoms with E-state index in [0.717, 1.165) is 61.0 Å². The molecule has 3 heteroatoms. The van der Waals surface area contributed by atoms with Crippen molar-refractivity contribution >= 4 is 17.2 Å². The monoisotopic (exact) mass is 440 g/mol. The van der Waals surface area contributed by atoms with Gasteiger partial charge in [-0.2, -0.15) is 0 Å². The van der Waals surface area contributed by atoms with Gasteiger partial charge in [0.25, 0.3) is 0 Å². The van der Waals surface area contributed by atoms with E-state index < -0.39 is 0 Å². The normalized spacial score (nSPS) is 11.4. The van der Waals surface area contributed by atoms with Crippen molar-refractivity contribution < 1.29 is 4.79 Å². The van der Waals surface area contributed by atoms with Gasteiger partial charge in [0.15, 0.2) is 5.78 Å². The van der Waals surface area contributed by atoms with Gasteiger partial charge in [0, 0.05) is 17.7 Å². The summed E-state index contributed by atoms with van der Waals surface area (Å²) in [6, 6.07) is 26.1. The Hall–Kier alpha value is -3.33. The van der Waals surface area contributed by atoms with Crippen molar-refractivity contribution in [3.05, 3.63) is 96.2 Å². The highest BCUT2D eigenvalue weighted by Crippen LogP contribution is 2.22. The molecule has 3 rings (SSSR count). The van der Waals surface area contributed by atoms with Crippen molar-refractivity contribution in [1.29, 1.82) is 0 Å². The SMILES string of the molecule is CCC=C(CCCCCCCC(=O)c1ccc(-c2ccccc2)cc1)Nc1ccccc1N. The fraction of sp³-hybridized carbons (Fsp3) is 0.300. The minimum atomic E-state index is 0.243. The number of allylic oxidation sites excluding steroid dienone is 2. The second-order valence-corrected chi connectivity index (χ2v) is 8.48. The molecule has 0 atom stereocenters. The second-order valence-electron chi connectivity index (χ2n) is 8.48. The molecule has 3 nitrogen and oxygen atoms in total. The van der Waals surface area contributed by atoms with Gasteiger partial charge >= 0.3 is 0 Å². The highest BCUT2D eigenvalue weighted by atomic mass is 16.1. The number of benzene rings is 3. The molecule has 0 fully saturated rings. The Balaban J connectivity index is 1.33. The number of nitrogens with one attached hydrogen (secondary N) is 1. The lowest BCUT2D eigenvalue weighted by atomic mass is 10.00. The molecule has 0 spiro atoms. The summed E-state index contributed by atoms with van der Waals surface area (Å²) in [4.78, 5) is 12.5. The Kier molecular flexibility index (Phi) is 9.78. The number of carbonyl (C=O) groups excluding carboxylic acids is 1. The number of carbonyl (C=O) groups is 1. The van der Waals surface area contributed by atoms with Crippen LogP contribution in [-0.4, -0.2) is 5.78 Å². The average molecular weight is 441 g/mol. The fourth-order valence-electron chi connectivity index (χ4n) is 4.00. The van der Waals surface area contributed by atoms with Crippen molar-refractivity contribution in [2.24, 2.45) is 0 Å². The van der Waals surface area contributed by atoms with Crippen molar-refractivity contribution in [2.45, 2.75) is 58.3 Å². The van der Waals surface area contributed by atoms with Gasteiger partial charge in [-0.1, -0.05) is 99.0 Å². The van der Waals surface area contributed by atoms with Gasteiger partial charge in [-0.05, 0) is 48.9 Å². The number of ketones is 1. The summed E-state index contributed by atoms with van der Waals surface area (Å²) >= 11 is 0. The molecule has 0 saturated carbocycles. The third kappa shape index (κ3) is 7.94. The molecule has 0 aliphatic carbocycles. The maximum Gasteiger partial charge on any atom is 0.162 e. The Morgan fingerprint density at radius 3 is 2.06 bits per heavy atom. The number of unbranched alkanes of at least 4 members (excludes halogenated alkanes) is 4. The van der Waals surface area contributed by atoms with Crippen LogP contribution in [0.3, 0.4) is 0 Å². The molecule has 0 unspecified atom stereocenters. The van der Waals surface area contributed by atoms with Crippen LogP contribution >= 0.6 is 0 Å². The summed E-state index contributed by atoms with van der Waals surface area (Å²) < 4.78 is 0. The van der Waals surface area contributed by atoms with Gasteiger partial charge in [0.1, 0.15) is 0 Å². The summed E-state index contributed by atoms with van der Waals surface area (Å²) in [7, 11) is 0. The molecule has 33 heavy (non-hydrogen) atoms. The van der Waals surface area contributed by atoms with Crippen LogP contribution in [0.2, 0.25) is 0 Å². The van der Waals surface area contributed by atoms with Crippen molar-refractivity contribution in [2.75, 3.05) is 11.1 Å². The van der Waals surface area contributed by atoms with E-state index in [1.165, 1.54) is 17.7 Å². The molecular formula is C30H36N2O. The summed E-state index contributed by atoms with van der Waals surface area (Å²) in [5.74, 6) is 0.243. The number of anilines is 2. The smallest absolute Gasteiger partial charge is 0.162 e. The van der Waals surface area contributed by atoms with E-state index in [9.17, 15) is 4.79 Å². The summed E-state index contributed by atoms with van der Waals surface area (Å²) in [6.07, 6.45) is 10.4. The molecular weight excluding hydrogens is 404 g/mol. The molecule has 0 heterocycles. The maximum atomic E-state index is 12.5. The predicted octanol–water partition coefficient (Wildman–Crippen LogP) is 8.26.